The van der Waals surface area contributed by atoms with Crippen molar-refractivity contribution < 1.29 is 9.59 Å². The molecule has 0 spiro atoms. The Morgan fingerprint density at radius 1 is 1.69 bits per heavy atom. The van der Waals surface area contributed by atoms with Crippen LogP contribution in [0.1, 0.15) is 26.7 Å². The predicted molar refractivity (Wildman–Crippen MR) is 61.6 cm³/mol. The number of hydrogen-bond acceptors (Lipinski definition) is 3. The maximum absolute atomic E-state index is 11.7. The predicted octanol–water partition coefficient (Wildman–Crippen LogP) is -0.293. The molecule has 5 heteroatoms. The molecule has 92 valence electrons. The van der Waals surface area contributed by atoms with E-state index in [1.165, 1.54) is 0 Å². The Hall–Kier alpha value is -1.10. The number of carbonyl (C=O) groups is 2. The second-order valence-corrected chi connectivity index (χ2v) is 4.60. The highest BCUT2D eigenvalue weighted by molar-refractivity contribution is 5.84. The molecular weight excluding hydrogens is 206 g/mol. The third-order valence-electron chi connectivity index (χ3n) is 3.25. The summed E-state index contributed by atoms with van der Waals surface area (Å²) in [6.45, 7) is 4.54. The van der Waals surface area contributed by atoms with Crippen LogP contribution in [0.4, 0.5) is 0 Å². The van der Waals surface area contributed by atoms with Crippen LogP contribution in [0.25, 0.3) is 0 Å². The van der Waals surface area contributed by atoms with Crippen molar-refractivity contribution in [3.8, 4) is 0 Å². The summed E-state index contributed by atoms with van der Waals surface area (Å²) in [5, 5.41) is 2.83. The summed E-state index contributed by atoms with van der Waals surface area (Å²) in [5.41, 5.74) is 5.81. The molecule has 0 aromatic rings. The molecule has 0 bridgehead atoms. The van der Waals surface area contributed by atoms with E-state index < -0.39 is 6.04 Å². The summed E-state index contributed by atoms with van der Waals surface area (Å²) in [6.07, 6.45) is 1.26. The lowest BCUT2D eigenvalue weighted by Gasteiger charge is -2.20. The van der Waals surface area contributed by atoms with Gasteiger partial charge in [-0.2, -0.15) is 0 Å². The topological polar surface area (TPSA) is 75.4 Å². The molecule has 0 aliphatic carbocycles. The lowest BCUT2D eigenvalue weighted by Crippen LogP contribution is -2.48. The zero-order chi connectivity index (χ0) is 12.3. The number of nitrogens with zero attached hydrogens (tertiary/aromatic N) is 1. The number of rotatable bonds is 4. The van der Waals surface area contributed by atoms with Crippen LogP contribution in [0, 0.1) is 5.92 Å². The number of amides is 2. The number of likely N-dealkylation sites (N-methyl/N-ethyl adjacent to an activating group) is 1. The zero-order valence-corrected chi connectivity index (χ0v) is 10.2. The molecule has 0 aromatic carbocycles. The van der Waals surface area contributed by atoms with Crippen LogP contribution in [0.15, 0.2) is 0 Å². The average Bonchev–Trinajstić information content (AvgIpc) is 2.55. The van der Waals surface area contributed by atoms with Crippen LogP contribution in [-0.4, -0.2) is 42.4 Å². The van der Waals surface area contributed by atoms with Crippen molar-refractivity contribution in [3.63, 3.8) is 0 Å². The van der Waals surface area contributed by atoms with E-state index in [0.29, 0.717) is 13.0 Å². The van der Waals surface area contributed by atoms with Gasteiger partial charge in [-0.05, 0) is 5.92 Å². The Morgan fingerprint density at radius 2 is 2.31 bits per heavy atom. The van der Waals surface area contributed by atoms with Crippen LogP contribution in [0.2, 0.25) is 0 Å². The Morgan fingerprint density at radius 3 is 2.75 bits per heavy atom. The number of likely N-dealkylation sites (tertiary alicyclic amines) is 1. The van der Waals surface area contributed by atoms with E-state index in [1.54, 1.807) is 11.9 Å². The van der Waals surface area contributed by atoms with Crippen LogP contribution < -0.4 is 11.1 Å². The van der Waals surface area contributed by atoms with Crippen molar-refractivity contribution in [1.29, 1.82) is 0 Å². The third-order valence-corrected chi connectivity index (χ3v) is 3.25. The largest absolute Gasteiger partial charge is 0.350 e. The maximum Gasteiger partial charge on any atom is 0.237 e. The molecule has 1 fully saturated rings. The minimum absolute atomic E-state index is 0.0717. The fourth-order valence-corrected chi connectivity index (χ4v) is 1.77. The minimum atomic E-state index is -0.481. The third kappa shape index (κ3) is 2.95. The first-order chi connectivity index (χ1) is 7.45. The summed E-state index contributed by atoms with van der Waals surface area (Å²) in [5.74, 6) is 0.0831. The summed E-state index contributed by atoms with van der Waals surface area (Å²) >= 11 is 0. The highest BCUT2D eigenvalue weighted by Crippen LogP contribution is 2.10. The summed E-state index contributed by atoms with van der Waals surface area (Å²) in [6, 6.07) is -0.564. The molecular formula is C11H21N3O2. The number of nitrogens with one attached hydrogen (secondary N) is 1. The Balaban J connectivity index is 2.43. The molecule has 3 unspecified atom stereocenters. The number of nitrogens with two attached hydrogens (primary N) is 1. The van der Waals surface area contributed by atoms with E-state index in [0.717, 1.165) is 6.42 Å². The SMILES string of the molecule is CCC(C)C(N)C(=O)NC1CC(=O)N(C)C1. The van der Waals surface area contributed by atoms with Gasteiger partial charge in [0.1, 0.15) is 0 Å². The first-order valence-corrected chi connectivity index (χ1v) is 5.75. The molecule has 16 heavy (non-hydrogen) atoms. The zero-order valence-electron chi connectivity index (χ0n) is 10.2. The normalized spacial score (nSPS) is 24.4. The van der Waals surface area contributed by atoms with E-state index in [9.17, 15) is 9.59 Å². The van der Waals surface area contributed by atoms with Crippen molar-refractivity contribution in [2.45, 2.75) is 38.8 Å². The highest BCUT2D eigenvalue weighted by Gasteiger charge is 2.30. The first-order valence-electron chi connectivity index (χ1n) is 5.75. The van der Waals surface area contributed by atoms with E-state index in [1.807, 2.05) is 13.8 Å². The summed E-state index contributed by atoms with van der Waals surface area (Å²) in [4.78, 5) is 24.6. The first kappa shape index (κ1) is 13.0. The van der Waals surface area contributed by atoms with Gasteiger partial charge in [-0.25, -0.2) is 0 Å². The molecule has 1 saturated heterocycles. The average molecular weight is 227 g/mol. The van der Waals surface area contributed by atoms with E-state index in [-0.39, 0.29) is 23.8 Å². The van der Waals surface area contributed by atoms with Crippen molar-refractivity contribution in [3.05, 3.63) is 0 Å². The molecule has 1 rings (SSSR count). The Kier molecular flexibility index (Phi) is 4.29. The van der Waals surface area contributed by atoms with Gasteiger partial charge in [0.2, 0.25) is 11.8 Å². The monoisotopic (exact) mass is 227 g/mol. The van der Waals surface area contributed by atoms with Gasteiger partial charge >= 0.3 is 0 Å². The van der Waals surface area contributed by atoms with E-state index >= 15 is 0 Å². The quantitative estimate of drug-likeness (QED) is 0.693. The number of hydrogen-bond donors (Lipinski definition) is 2. The maximum atomic E-state index is 11.7. The van der Waals surface area contributed by atoms with Crippen LogP contribution in [-0.2, 0) is 9.59 Å². The molecule has 0 aromatic heterocycles. The molecule has 3 atom stereocenters. The fraction of sp³-hybridized carbons (Fsp3) is 0.818. The molecule has 1 aliphatic heterocycles. The van der Waals surface area contributed by atoms with Crippen molar-refractivity contribution >= 4 is 11.8 Å². The van der Waals surface area contributed by atoms with Crippen LogP contribution in [0.5, 0.6) is 0 Å². The van der Waals surface area contributed by atoms with Gasteiger partial charge in [0, 0.05) is 20.0 Å². The molecule has 1 heterocycles. The Bertz CT molecular complexity index is 280. The molecule has 2 amide bonds. The van der Waals surface area contributed by atoms with Gasteiger partial charge in [-0.15, -0.1) is 0 Å². The van der Waals surface area contributed by atoms with E-state index in [2.05, 4.69) is 5.32 Å². The van der Waals surface area contributed by atoms with Gasteiger partial charge in [0.25, 0.3) is 0 Å². The van der Waals surface area contributed by atoms with Gasteiger partial charge < -0.3 is 16.0 Å². The fourth-order valence-electron chi connectivity index (χ4n) is 1.77. The smallest absolute Gasteiger partial charge is 0.237 e. The highest BCUT2D eigenvalue weighted by atomic mass is 16.2. The number of carbonyl (C=O) groups excluding carboxylic acids is 2. The van der Waals surface area contributed by atoms with Crippen molar-refractivity contribution in [1.82, 2.24) is 10.2 Å². The molecule has 1 aliphatic rings. The Labute approximate surface area is 96.4 Å². The molecule has 0 saturated carbocycles. The van der Waals surface area contributed by atoms with Gasteiger partial charge in [-0.1, -0.05) is 20.3 Å². The molecule has 5 nitrogen and oxygen atoms in total. The van der Waals surface area contributed by atoms with Crippen LogP contribution in [0.3, 0.4) is 0 Å². The molecule has 3 N–H and O–H groups in total. The van der Waals surface area contributed by atoms with Gasteiger partial charge in [0.05, 0.1) is 12.1 Å². The van der Waals surface area contributed by atoms with E-state index in [4.69, 9.17) is 5.73 Å². The standard InChI is InChI=1S/C11H21N3O2/c1-4-7(2)10(12)11(16)13-8-5-9(15)14(3)6-8/h7-8,10H,4-6,12H2,1-3H3,(H,13,16). The lowest BCUT2D eigenvalue weighted by atomic mass is 9.99. The van der Waals surface area contributed by atoms with Crippen molar-refractivity contribution in [2.24, 2.45) is 11.7 Å². The summed E-state index contributed by atoms with van der Waals surface area (Å²) < 4.78 is 0. The second kappa shape index (κ2) is 5.30. The summed E-state index contributed by atoms with van der Waals surface area (Å²) in [7, 11) is 1.74. The van der Waals surface area contributed by atoms with Gasteiger partial charge in [0.15, 0.2) is 0 Å². The minimum Gasteiger partial charge on any atom is -0.350 e. The van der Waals surface area contributed by atoms with Gasteiger partial charge in [-0.3, -0.25) is 9.59 Å². The molecule has 0 radical (unpaired) electrons. The second-order valence-electron chi connectivity index (χ2n) is 4.60. The van der Waals surface area contributed by atoms with Crippen LogP contribution >= 0.6 is 0 Å². The lowest BCUT2D eigenvalue weighted by molar-refractivity contribution is -0.126. The van der Waals surface area contributed by atoms with Crippen molar-refractivity contribution in [2.75, 3.05) is 13.6 Å².